The summed E-state index contributed by atoms with van der Waals surface area (Å²) in [6.07, 6.45) is -3.61. The van der Waals surface area contributed by atoms with Crippen molar-refractivity contribution in [3.63, 3.8) is 0 Å². The van der Waals surface area contributed by atoms with Gasteiger partial charge in [0.2, 0.25) is 17.7 Å². The molecule has 3 unspecified atom stereocenters. The number of amides is 3. The van der Waals surface area contributed by atoms with Crippen LogP contribution >= 0.6 is 11.6 Å². The van der Waals surface area contributed by atoms with Gasteiger partial charge in [0.15, 0.2) is 0 Å². The van der Waals surface area contributed by atoms with Crippen molar-refractivity contribution in [2.24, 2.45) is 16.7 Å². The average Bonchev–Trinajstić information content (AvgIpc) is 2.97. The largest absolute Gasteiger partial charge is 0.417 e. The van der Waals surface area contributed by atoms with E-state index >= 15 is 0 Å². The zero-order valence-electron chi connectivity index (χ0n) is 19.6. The van der Waals surface area contributed by atoms with Crippen LogP contribution in [0.1, 0.15) is 44.7 Å². The van der Waals surface area contributed by atoms with Gasteiger partial charge in [-0.05, 0) is 42.0 Å². The van der Waals surface area contributed by atoms with Gasteiger partial charge in [0.1, 0.15) is 6.04 Å². The van der Waals surface area contributed by atoms with Gasteiger partial charge in [0, 0.05) is 18.0 Å². The van der Waals surface area contributed by atoms with Gasteiger partial charge < -0.3 is 5.32 Å². The lowest BCUT2D eigenvalue weighted by atomic mass is 9.62. The maximum atomic E-state index is 13.7. The highest BCUT2D eigenvalue weighted by molar-refractivity contribution is 6.31. The maximum Gasteiger partial charge on any atom is 0.417 e. The molecule has 3 amide bonds. The normalized spacial score (nSPS) is 24.4. The Morgan fingerprint density at radius 1 is 1.14 bits per heavy atom. The van der Waals surface area contributed by atoms with Crippen LogP contribution in [0.25, 0.3) is 0 Å². The Labute approximate surface area is 206 Å². The Kier molecular flexibility index (Phi) is 6.24. The molecule has 3 atom stereocenters. The summed E-state index contributed by atoms with van der Waals surface area (Å²) in [5, 5.41) is 1.98. The van der Waals surface area contributed by atoms with E-state index in [1.807, 2.05) is 20.8 Å². The highest BCUT2D eigenvalue weighted by Crippen LogP contribution is 2.60. The summed E-state index contributed by atoms with van der Waals surface area (Å²) in [5.74, 6) is -2.01. The molecule has 1 saturated carbocycles. The highest BCUT2D eigenvalue weighted by atomic mass is 35.5. The average molecular weight is 507 g/mol. The summed E-state index contributed by atoms with van der Waals surface area (Å²) >= 11 is 5.70. The topological polar surface area (TPSA) is 66.5 Å². The Morgan fingerprint density at radius 3 is 2.43 bits per heavy atom. The minimum absolute atomic E-state index is 0.0348. The predicted octanol–water partition coefficient (Wildman–Crippen LogP) is 5.72. The van der Waals surface area contributed by atoms with Crippen LogP contribution in [-0.2, 0) is 27.0 Å². The first-order valence-electron chi connectivity index (χ1n) is 11.4. The lowest BCUT2D eigenvalue weighted by molar-refractivity contribution is -0.172. The first-order chi connectivity index (χ1) is 16.3. The number of likely N-dealkylation sites (tertiary alicyclic amines) is 1. The Morgan fingerprint density at radius 2 is 1.80 bits per heavy atom. The number of carbonyl (C=O) groups excluding carboxylic acids is 3. The summed E-state index contributed by atoms with van der Waals surface area (Å²) < 4.78 is 40.0. The van der Waals surface area contributed by atoms with E-state index in [0.29, 0.717) is 18.4 Å². The number of alkyl halides is 3. The SMILES string of the molecule is CC12CCC(C(=O)N(C(Cc3ccccc3)C(=O)Nc3ccc(Cl)c(C(F)(F)F)c3)C1=O)C2(C)C. The van der Waals surface area contributed by atoms with E-state index in [4.69, 9.17) is 11.6 Å². The van der Waals surface area contributed by atoms with Crippen molar-refractivity contribution in [1.29, 1.82) is 0 Å². The third-order valence-electron chi connectivity index (χ3n) is 7.88. The number of halogens is 4. The Hall–Kier alpha value is -2.87. The maximum absolute atomic E-state index is 13.7. The van der Waals surface area contributed by atoms with Gasteiger partial charge in [-0.15, -0.1) is 0 Å². The second-order valence-electron chi connectivity index (χ2n) is 10.0. The van der Waals surface area contributed by atoms with E-state index < -0.39 is 57.3 Å². The number of rotatable bonds is 5. The van der Waals surface area contributed by atoms with Crippen LogP contribution in [0.3, 0.4) is 0 Å². The lowest BCUT2D eigenvalue weighted by Gasteiger charge is -2.49. The number of fused-ring (bicyclic) bond motifs is 2. The molecule has 186 valence electrons. The zero-order chi connectivity index (χ0) is 25.8. The molecular formula is C26H26ClF3N2O3. The summed E-state index contributed by atoms with van der Waals surface area (Å²) in [4.78, 5) is 41.8. The van der Waals surface area contributed by atoms with E-state index in [9.17, 15) is 27.6 Å². The van der Waals surface area contributed by atoms with Gasteiger partial charge in [-0.25, -0.2) is 0 Å². The van der Waals surface area contributed by atoms with Gasteiger partial charge in [-0.2, -0.15) is 13.2 Å². The number of hydrogen-bond acceptors (Lipinski definition) is 3. The molecule has 1 saturated heterocycles. The second-order valence-corrected chi connectivity index (χ2v) is 10.5. The molecule has 2 aromatic rings. The summed E-state index contributed by atoms with van der Waals surface area (Å²) in [7, 11) is 0. The molecule has 2 aliphatic rings. The molecule has 0 aromatic heterocycles. The molecule has 1 aliphatic heterocycles. The number of hydrogen-bond donors (Lipinski definition) is 1. The van der Waals surface area contributed by atoms with Crippen molar-refractivity contribution < 1.29 is 27.6 Å². The van der Waals surface area contributed by atoms with Crippen molar-refractivity contribution in [1.82, 2.24) is 4.90 Å². The van der Waals surface area contributed by atoms with E-state index in [1.54, 1.807) is 30.3 Å². The second kappa shape index (κ2) is 8.66. The van der Waals surface area contributed by atoms with Crippen LogP contribution in [0.15, 0.2) is 48.5 Å². The lowest BCUT2D eigenvalue weighted by Crippen LogP contribution is -2.64. The molecule has 4 rings (SSSR count). The van der Waals surface area contributed by atoms with Gasteiger partial charge >= 0.3 is 6.18 Å². The zero-order valence-corrected chi connectivity index (χ0v) is 20.3. The van der Waals surface area contributed by atoms with Crippen LogP contribution < -0.4 is 5.32 Å². The van der Waals surface area contributed by atoms with Gasteiger partial charge in [-0.3, -0.25) is 19.3 Å². The molecule has 2 fully saturated rings. The third kappa shape index (κ3) is 4.22. The van der Waals surface area contributed by atoms with E-state index in [0.717, 1.165) is 17.0 Å². The van der Waals surface area contributed by atoms with Crippen molar-refractivity contribution >= 4 is 35.0 Å². The predicted molar refractivity (Wildman–Crippen MR) is 125 cm³/mol. The number of carbonyl (C=O) groups is 3. The van der Waals surface area contributed by atoms with Crippen molar-refractivity contribution in [2.45, 2.75) is 52.3 Å². The van der Waals surface area contributed by atoms with E-state index in [-0.39, 0.29) is 12.1 Å². The van der Waals surface area contributed by atoms with E-state index in [2.05, 4.69) is 5.32 Å². The standard InChI is InChI=1S/C26H26ClF3N2O3/c1-24(2)17-11-12-25(24,3)23(35)32(22(17)34)20(13-15-7-5-4-6-8-15)21(33)31-16-9-10-19(27)18(14-16)26(28,29)30/h4-10,14,17,20H,11-13H2,1-3H3,(H,31,33). The minimum Gasteiger partial charge on any atom is -0.324 e. The molecule has 1 aliphatic carbocycles. The first kappa shape index (κ1) is 25.2. The molecule has 1 heterocycles. The van der Waals surface area contributed by atoms with Gasteiger partial charge in [-0.1, -0.05) is 62.7 Å². The fourth-order valence-electron chi connectivity index (χ4n) is 5.33. The summed E-state index contributed by atoms with van der Waals surface area (Å²) in [6.45, 7) is 5.62. The number of benzene rings is 2. The van der Waals surface area contributed by atoms with Crippen molar-refractivity contribution in [3.8, 4) is 0 Å². The molecule has 2 aromatic carbocycles. The fraction of sp³-hybridized carbons (Fsp3) is 0.423. The quantitative estimate of drug-likeness (QED) is 0.527. The molecule has 5 nitrogen and oxygen atoms in total. The summed E-state index contributed by atoms with van der Waals surface area (Å²) in [5.41, 5.74) is -1.90. The molecule has 0 radical (unpaired) electrons. The molecular weight excluding hydrogens is 481 g/mol. The van der Waals surface area contributed by atoms with Crippen LogP contribution in [0.4, 0.5) is 18.9 Å². The van der Waals surface area contributed by atoms with Gasteiger partial charge in [0.05, 0.1) is 16.0 Å². The molecule has 35 heavy (non-hydrogen) atoms. The van der Waals surface area contributed by atoms with Crippen LogP contribution in [0.2, 0.25) is 5.02 Å². The van der Waals surface area contributed by atoms with Gasteiger partial charge in [0.25, 0.3) is 0 Å². The molecule has 1 N–H and O–H groups in total. The van der Waals surface area contributed by atoms with Crippen molar-refractivity contribution in [2.75, 3.05) is 5.32 Å². The smallest absolute Gasteiger partial charge is 0.324 e. The monoisotopic (exact) mass is 506 g/mol. The highest BCUT2D eigenvalue weighted by Gasteiger charge is 2.65. The molecule has 0 spiro atoms. The van der Waals surface area contributed by atoms with Crippen LogP contribution in [-0.4, -0.2) is 28.7 Å². The Balaban J connectivity index is 1.71. The number of nitrogens with zero attached hydrogens (tertiary/aromatic N) is 1. The molecule has 2 bridgehead atoms. The molecule has 9 heteroatoms. The van der Waals surface area contributed by atoms with E-state index in [1.165, 1.54) is 6.07 Å². The number of anilines is 1. The number of piperidine rings is 1. The first-order valence-corrected chi connectivity index (χ1v) is 11.7. The summed E-state index contributed by atoms with van der Waals surface area (Å²) in [6, 6.07) is 10.7. The third-order valence-corrected chi connectivity index (χ3v) is 8.21. The minimum atomic E-state index is -4.71. The Bertz CT molecular complexity index is 1180. The fourth-order valence-corrected chi connectivity index (χ4v) is 5.55. The van der Waals surface area contributed by atoms with Crippen molar-refractivity contribution in [3.05, 3.63) is 64.7 Å². The number of nitrogens with one attached hydrogen (secondary N) is 1. The number of imide groups is 1. The van der Waals surface area contributed by atoms with Crippen LogP contribution in [0, 0.1) is 16.7 Å². The van der Waals surface area contributed by atoms with Crippen LogP contribution in [0.5, 0.6) is 0 Å².